The highest BCUT2D eigenvalue weighted by atomic mass is 19.3. The fourth-order valence-electron chi connectivity index (χ4n) is 2.97. The Labute approximate surface area is 143 Å². The molecule has 0 fully saturated rings. The monoisotopic (exact) mass is 335 g/mol. The molecule has 0 atom stereocenters. The van der Waals surface area contributed by atoms with Gasteiger partial charge in [0.2, 0.25) is 0 Å². The highest BCUT2D eigenvalue weighted by Crippen LogP contribution is 2.31. The minimum Gasteiger partial charge on any atom is -0.339 e. The van der Waals surface area contributed by atoms with E-state index in [2.05, 4.69) is 21.4 Å². The second kappa shape index (κ2) is 6.09. The van der Waals surface area contributed by atoms with E-state index in [1.807, 2.05) is 37.4 Å². The van der Waals surface area contributed by atoms with E-state index in [9.17, 15) is 8.78 Å². The summed E-state index contributed by atoms with van der Waals surface area (Å²) in [5.41, 5.74) is 2.38. The summed E-state index contributed by atoms with van der Waals surface area (Å²) in [5.74, 6) is 0.728. The van der Waals surface area contributed by atoms with Crippen LogP contribution in [-0.2, 0) is 0 Å². The van der Waals surface area contributed by atoms with Crippen molar-refractivity contribution in [1.82, 2.24) is 9.97 Å². The van der Waals surface area contributed by atoms with Crippen LogP contribution >= 0.6 is 0 Å². The second-order valence-electron chi connectivity index (χ2n) is 5.90. The van der Waals surface area contributed by atoms with Crippen LogP contribution in [0.25, 0.3) is 21.7 Å². The maximum absolute atomic E-state index is 12.9. The number of fused-ring (bicyclic) bond motifs is 2. The lowest BCUT2D eigenvalue weighted by molar-refractivity contribution is 0.151. The van der Waals surface area contributed by atoms with E-state index in [1.165, 1.54) is 12.1 Å². The Morgan fingerprint density at radius 3 is 2.52 bits per heavy atom. The predicted octanol–water partition coefficient (Wildman–Crippen LogP) is 5.77. The molecule has 0 unspecified atom stereocenters. The molecule has 4 aromatic rings. The number of aromatic nitrogens is 2. The molecule has 5 heteroatoms. The van der Waals surface area contributed by atoms with E-state index in [0.717, 1.165) is 33.2 Å². The molecule has 124 valence electrons. The fraction of sp³-hybridized carbons (Fsp3) is 0.100. The lowest BCUT2D eigenvalue weighted by Crippen LogP contribution is -1.97. The van der Waals surface area contributed by atoms with Crippen molar-refractivity contribution in [2.45, 2.75) is 13.3 Å². The Balaban J connectivity index is 1.83. The Bertz CT molecular complexity index is 1080. The molecule has 0 radical (unpaired) electrons. The maximum Gasteiger partial charge on any atom is 0.263 e. The number of nitrogens with one attached hydrogen (secondary N) is 1. The molecule has 2 aromatic carbocycles. The van der Waals surface area contributed by atoms with Gasteiger partial charge in [-0.05, 0) is 30.0 Å². The topological polar surface area (TPSA) is 37.8 Å². The number of anilines is 2. The van der Waals surface area contributed by atoms with Crippen LogP contribution in [0.1, 0.15) is 17.6 Å². The summed E-state index contributed by atoms with van der Waals surface area (Å²) in [6.07, 6.45) is 0.921. The Morgan fingerprint density at radius 2 is 1.72 bits per heavy atom. The van der Waals surface area contributed by atoms with Gasteiger partial charge in [-0.2, -0.15) is 0 Å². The van der Waals surface area contributed by atoms with E-state index in [1.54, 1.807) is 12.3 Å². The highest BCUT2D eigenvalue weighted by Gasteiger charge is 2.11. The van der Waals surface area contributed by atoms with E-state index in [4.69, 9.17) is 0 Å². The number of hydrogen-bond acceptors (Lipinski definition) is 3. The zero-order chi connectivity index (χ0) is 17.4. The van der Waals surface area contributed by atoms with Crippen LogP contribution in [0.2, 0.25) is 0 Å². The average Bonchev–Trinajstić information content (AvgIpc) is 2.64. The second-order valence-corrected chi connectivity index (χ2v) is 5.90. The summed E-state index contributed by atoms with van der Waals surface area (Å²) >= 11 is 0. The number of nitrogens with zero attached hydrogens (tertiary/aromatic N) is 2. The minimum atomic E-state index is -2.51. The molecule has 0 amide bonds. The van der Waals surface area contributed by atoms with Gasteiger partial charge in [0, 0.05) is 28.7 Å². The van der Waals surface area contributed by atoms with Gasteiger partial charge in [0.15, 0.2) is 0 Å². The van der Waals surface area contributed by atoms with Gasteiger partial charge < -0.3 is 5.32 Å². The van der Waals surface area contributed by atoms with Gasteiger partial charge in [-0.15, -0.1) is 0 Å². The molecule has 25 heavy (non-hydrogen) atoms. The van der Waals surface area contributed by atoms with E-state index < -0.39 is 6.43 Å². The molecule has 4 rings (SSSR count). The number of aryl methyl sites for hydroxylation is 1. The van der Waals surface area contributed by atoms with Gasteiger partial charge in [0.25, 0.3) is 6.43 Å². The largest absolute Gasteiger partial charge is 0.339 e. The van der Waals surface area contributed by atoms with Crippen LogP contribution in [0, 0.1) is 6.92 Å². The molecule has 3 nitrogen and oxygen atoms in total. The van der Waals surface area contributed by atoms with Crippen molar-refractivity contribution in [3.05, 3.63) is 72.1 Å². The standard InChI is InChI=1S/C20H15F2N3/c1-12-11-24-20(15-5-3-2-4-14(12)15)25-17-8-9-23-18-10-13(19(21)22)6-7-16(17)18/h2-11,19H,1H3,(H,23,24,25). The fourth-order valence-corrected chi connectivity index (χ4v) is 2.97. The van der Waals surface area contributed by atoms with Crippen molar-refractivity contribution in [2.75, 3.05) is 5.32 Å². The molecule has 0 aliphatic carbocycles. The van der Waals surface area contributed by atoms with E-state index >= 15 is 0 Å². The van der Waals surface area contributed by atoms with Crippen LogP contribution in [0.5, 0.6) is 0 Å². The summed E-state index contributed by atoms with van der Waals surface area (Å²) in [6, 6.07) is 14.4. The number of pyridine rings is 2. The quantitative estimate of drug-likeness (QED) is 0.516. The van der Waals surface area contributed by atoms with Crippen molar-refractivity contribution in [3.63, 3.8) is 0 Å². The zero-order valence-electron chi connectivity index (χ0n) is 13.5. The third-order valence-electron chi connectivity index (χ3n) is 4.27. The van der Waals surface area contributed by atoms with Gasteiger partial charge in [0.1, 0.15) is 5.82 Å². The number of alkyl halides is 2. The summed E-state index contributed by atoms with van der Waals surface area (Å²) in [6.45, 7) is 2.02. The lowest BCUT2D eigenvalue weighted by Gasteiger charge is -2.12. The van der Waals surface area contributed by atoms with Crippen LogP contribution in [0.4, 0.5) is 20.3 Å². The summed E-state index contributed by atoms with van der Waals surface area (Å²) in [7, 11) is 0. The van der Waals surface area contributed by atoms with Crippen LogP contribution in [0.3, 0.4) is 0 Å². The number of benzene rings is 2. The molecular weight excluding hydrogens is 320 g/mol. The summed E-state index contributed by atoms with van der Waals surface area (Å²) in [5, 5.41) is 6.24. The molecule has 0 saturated heterocycles. The van der Waals surface area contributed by atoms with Crippen molar-refractivity contribution in [1.29, 1.82) is 0 Å². The molecule has 0 aliphatic heterocycles. The molecule has 1 N–H and O–H groups in total. The average molecular weight is 335 g/mol. The number of halogens is 2. The normalized spacial score (nSPS) is 11.4. The van der Waals surface area contributed by atoms with Crippen molar-refractivity contribution < 1.29 is 8.78 Å². The van der Waals surface area contributed by atoms with E-state index in [-0.39, 0.29) is 5.56 Å². The first kappa shape index (κ1) is 15.4. The van der Waals surface area contributed by atoms with Crippen LogP contribution in [0.15, 0.2) is 60.9 Å². The summed E-state index contributed by atoms with van der Waals surface area (Å²) < 4.78 is 25.8. The Morgan fingerprint density at radius 1 is 0.920 bits per heavy atom. The van der Waals surface area contributed by atoms with Crippen molar-refractivity contribution in [2.24, 2.45) is 0 Å². The molecule has 2 aromatic heterocycles. The molecule has 0 bridgehead atoms. The number of hydrogen-bond donors (Lipinski definition) is 1. The minimum absolute atomic E-state index is 0.0314. The molecule has 0 spiro atoms. The highest BCUT2D eigenvalue weighted by molar-refractivity contribution is 5.99. The van der Waals surface area contributed by atoms with Crippen molar-refractivity contribution >= 4 is 33.2 Å². The van der Waals surface area contributed by atoms with E-state index in [0.29, 0.717) is 5.52 Å². The van der Waals surface area contributed by atoms with Gasteiger partial charge in [-0.25, -0.2) is 13.8 Å². The molecule has 0 aliphatic rings. The van der Waals surface area contributed by atoms with Crippen LogP contribution < -0.4 is 5.32 Å². The smallest absolute Gasteiger partial charge is 0.263 e. The Kier molecular flexibility index (Phi) is 3.76. The first-order chi connectivity index (χ1) is 12.1. The van der Waals surface area contributed by atoms with Gasteiger partial charge in [-0.3, -0.25) is 4.98 Å². The first-order valence-electron chi connectivity index (χ1n) is 7.91. The summed E-state index contributed by atoms with van der Waals surface area (Å²) in [4.78, 5) is 8.71. The third-order valence-corrected chi connectivity index (χ3v) is 4.27. The Hall–Kier alpha value is -3.08. The van der Waals surface area contributed by atoms with Gasteiger partial charge >= 0.3 is 0 Å². The first-order valence-corrected chi connectivity index (χ1v) is 7.91. The number of rotatable bonds is 3. The van der Waals surface area contributed by atoms with Crippen molar-refractivity contribution in [3.8, 4) is 0 Å². The maximum atomic E-state index is 12.9. The lowest BCUT2D eigenvalue weighted by atomic mass is 10.1. The van der Waals surface area contributed by atoms with Crippen LogP contribution in [-0.4, -0.2) is 9.97 Å². The third kappa shape index (κ3) is 2.78. The SMILES string of the molecule is Cc1cnc(Nc2ccnc3cc(C(F)F)ccc23)c2ccccc12. The zero-order valence-corrected chi connectivity index (χ0v) is 13.5. The van der Waals surface area contributed by atoms with Gasteiger partial charge in [0.05, 0.1) is 11.2 Å². The predicted molar refractivity (Wildman–Crippen MR) is 96.5 cm³/mol. The van der Waals surface area contributed by atoms with Gasteiger partial charge in [-0.1, -0.05) is 36.4 Å². The molecule has 0 saturated carbocycles. The molecular formula is C20H15F2N3. The molecule has 2 heterocycles.